The van der Waals surface area contributed by atoms with Crippen molar-refractivity contribution in [2.75, 3.05) is 24.5 Å². The van der Waals surface area contributed by atoms with Crippen molar-refractivity contribution >= 4 is 35.6 Å². The van der Waals surface area contributed by atoms with Gasteiger partial charge in [-0.25, -0.2) is 4.99 Å². The van der Waals surface area contributed by atoms with Gasteiger partial charge in [0.25, 0.3) is 0 Å². The molecule has 1 atom stereocenters. The van der Waals surface area contributed by atoms with Crippen LogP contribution in [0.1, 0.15) is 24.4 Å². The van der Waals surface area contributed by atoms with E-state index in [0.29, 0.717) is 5.76 Å². The Morgan fingerprint density at radius 2 is 2.17 bits per heavy atom. The first-order valence-corrected chi connectivity index (χ1v) is 7.65. The van der Waals surface area contributed by atoms with Gasteiger partial charge in [-0.05, 0) is 37.1 Å². The standard InChI is InChI=1S/C17H21N3O2.HI/c1-2-18-17(19-12-15(21)16-8-5-11-22-16)20-10-9-13-6-3-4-7-14(13)20;/h3-8,11,15,21H,2,9-10,12H2,1H3,(H,18,19);1H. The SMILES string of the molecule is CCNC(=NCC(O)c1ccco1)N1CCc2ccccc21.I. The molecule has 5 nitrogen and oxygen atoms in total. The van der Waals surface area contributed by atoms with Crippen LogP contribution in [0.15, 0.2) is 52.1 Å². The summed E-state index contributed by atoms with van der Waals surface area (Å²) in [7, 11) is 0. The predicted molar refractivity (Wildman–Crippen MR) is 103 cm³/mol. The first kappa shape index (κ1) is 17.8. The van der Waals surface area contributed by atoms with Crippen LogP contribution in [0.5, 0.6) is 0 Å². The molecule has 1 unspecified atom stereocenters. The van der Waals surface area contributed by atoms with Crippen LogP contribution in [0, 0.1) is 0 Å². The fraction of sp³-hybridized carbons (Fsp3) is 0.353. The Bertz CT molecular complexity index is 643. The van der Waals surface area contributed by atoms with Gasteiger partial charge in [0.05, 0.1) is 12.8 Å². The molecule has 1 aliphatic rings. The number of nitrogens with zero attached hydrogens (tertiary/aromatic N) is 2. The molecule has 0 amide bonds. The van der Waals surface area contributed by atoms with Crippen molar-refractivity contribution in [1.82, 2.24) is 5.32 Å². The van der Waals surface area contributed by atoms with Crippen molar-refractivity contribution in [3.8, 4) is 0 Å². The molecule has 0 saturated heterocycles. The summed E-state index contributed by atoms with van der Waals surface area (Å²) in [6.45, 7) is 4.01. The molecule has 1 aromatic carbocycles. The zero-order valence-electron chi connectivity index (χ0n) is 13.1. The zero-order chi connectivity index (χ0) is 15.4. The van der Waals surface area contributed by atoms with Crippen LogP contribution in [0.2, 0.25) is 0 Å². The highest BCUT2D eigenvalue weighted by Crippen LogP contribution is 2.27. The molecule has 6 heteroatoms. The summed E-state index contributed by atoms with van der Waals surface area (Å²) in [5, 5.41) is 13.4. The number of hydrogen-bond donors (Lipinski definition) is 2. The minimum atomic E-state index is -0.721. The third-order valence-corrected chi connectivity index (χ3v) is 3.76. The number of furan rings is 1. The summed E-state index contributed by atoms with van der Waals surface area (Å²) in [5.74, 6) is 1.35. The van der Waals surface area contributed by atoms with E-state index >= 15 is 0 Å². The van der Waals surface area contributed by atoms with E-state index in [9.17, 15) is 5.11 Å². The fourth-order valence-electron chi connectivity index (χ4n) is 2.70. The average Bonchev–Trinajstić information content (AvgIpc) is 3.20. The van der Waals surface area contributed by atoms with E-state index in [2.05, 4.69) is 33.4 Å². The Kier molecular flexibility index (Phi) is 6.47. The summed E-state index contributed by atoms with van der Waals surface area (Å²) in [6.07, 6.45) is 1.85. The summed E-state index contributed by atoms with van der Waals surface area (Å²) < 4.78 is 5.22. The molecule has 2 heterocycles. The van der Waals surface area contributed by atoms with Crippen molar-refractivity contribution < 1.29 is 9.52 Å². The third-order valence-electron chi connectivity index (χ3n) is 3.76. The first-order chi connectivity index (χ1) is 10.8. The van der Waals surface area contributed by atoms with E-state index in [1.54, 1.807) is 18.4 Å². The highest BCUT2D eigenvalue weighted by molar-refractivity contribution is 14.0. The van der Waals surface area contributed by atoms with Crippen LogP contribution in [0.3, 0.4) is 0 Å². The molecule has 1 aromatic heterocycles. The molecule has 3 rings (SSSR count). The highest BCUT2D eigenvalue weighted by atomic mass is 127. The van der Waals surface area contributed by atoms with Gasteiger partial charge in [0.1, 0.15) is 11.9 Å². The average molecular weight is 427 g/mol. The lowest BCUT2D eigenvalue weighted by molar-refractivity contribution is 0.158. The number of para-hydroxylation sites is 1. The summed E-state index contributed by atoms with van der Waals surface area (Å²) in [4.78, 5) is 6.75. The number of guanidine groups is 1. The Morgan fingerprint density at radius 1 is 1.35 bits per heavy atom. The van der Waals surface area contributed by atoms with Crippen LogP contribution in [-0.4, -0.2) is 30.7 Å². The van der Waals surface area contributed by atoms with Gasteiger partial charge in [0, 0.05) is 18.8 Å². The van der Waals surface area contributed by atoms with Gasteiger partial charge in [-0.2, -0.15) is 0 Å². The largest absolute Gasteiger partial charge is 0.467 e. The van der Waals surface area contributed by atoms with Crippen molar-refractivity contribution in [3.05, 3.63) is 54.0 Å². The molecule has 0 bridgehead atoms. The number of rotatable bonds is 4. The number of benzene rings is 1. The topological polar surface area (TPSA) is 61.0 Å². The minimum Gasteiger partial charge on any atom is -0.467 e. The van der Waals surface area contributed by atoms with E-state index in [1.165, 1.54) is 11.3 Å². The lowest BCUT2D eigenvalue weighted by Gasteiger charge is -2.22. The van der Waals surface area contributed by atoms with E-state index in [0.717, 1.165) is 25.5 Å². The molecular formula is C17H22IN3O2. The number of halogens is 1. The van der Waals surface area contributed by atoms with Crippen molar-refractivity contribution in [2.24, 2.45) is 4.99 Å². The van der Waals surface area contributed by atoms with Crippen LogP contribution >= 0.6 is 24.0 Å². The molecule has 0 spiro atoms. The number of aliphatic imine (C=N–C) groups is 1. The minimum absolute atomic E-state index is 0. The number of nitrogens with one attached hydrogen (secondary N) is 1. The van der Waals surface area contributed by atoms with Gasteiger partial charge < -0.3 is 19.7 Å². The molecule has 0 radical (unpaired) electrons. The van der Waals surface area contributed by atoms with Gasteiger partial charge in [0.15, 0.2) is 5.96 Å². The number of aliphatic hydroxyl groups excluding tert-OH is 1. The van der Waals surface area contributed by atoms with Gasteiger partial charge in [-0.1, -0.05) is 18.2 Å². The second-order valence-corrected chi connectivity index (χ2v) is 5.26. The van der Waals surface area contributed by atoms with E-state index < -0.39 is 6.10 Å². The third kappa shape index (κ3) is 4.06. The summed E-state index contributed by atoms with van der Waals surface area (Å²) in [5.41, 5.74) is 2.52. The van der Waals surface area contributed by atoms with E-state index in [4.69, 9.17) is 4.42 Å². The van der Waals surface area contributed by atoms with E-state index in [-0.39, 0.29) is 30.5 Å². The Hall–Kier alpha value is -1.54. The second kappa shape index (κ2) is 8.35. The quantitative estimate of drug-likeness (QED) is 0.448. The van der Waals surface area contributed by atoms with Gasteiger partial charge in [0.2, 0.25) is 0 Å². The molecule has 2 aromatic rings. The Labute approximate surface area is 153 Å². The number of hydrogen-bond acceptors (Lipinski definition) is 3. The number of anilines is 1. The summed E-state index contributed by atoms with van der Waals surface area (Å²) in [6, 6.07) is 11.9. The van der Waals surface area contributed by atoms with Crippen molar-refractivity contribution in [1.29, 1.82) is 0 Å². The van der Waals surface area contributed by atoms with Gasteiger partial charge in [-0.15, -0.1) is 24.0 Å². The highest BCUT2D eigenvalue weighted by Gasteiger charge is 2.22. The predicted octanol–water partition coefficient (Wildman–Crippen LogP) is 2.96. The number of aliphatic hydroxyl groups is 1. The van der Waals surface area contributed by atoms with Crippen molar-refractivity contribution in [3.63, 3.8) is 0 Å². The Balaban J connectivity index is 0.00000192. The maximum atomic E-state index is 10.1. The smallest absolute Gasteiger partial charge is 0.198 e. The van der Waals surface area contributed by atoms with Crippen molar-refractivity contribution in [2.45, 2.75) is 19.4 Å². The molecule has 23 heavy (non-hydrogen) atoms. The molecule has 0 aliphatic carbocycles. The zero-order valence-corrected chi connectivity index (χ0v) is 15.4. The molecule has 2 N–H and O–H groups in total. The molecule has 0 fully saturated rings. The van der Waals surface area contributed by atoms with E-state index in [1.807, 2.05) is 13.0 Å². The monoisotopic (exact) mass is 427 g/mol. The normalized spacial score (nSPS) is 15.0. The molecular weight excluding hydrogens is 405 g/mol. The molecule has 1 aliphatic heterocycles. The fourth-order valence-corrected chi connectivity index (χ4v) is 2.70. The maximum Gasteiger partial charge on any atom is 0.198 e. The first-order valence-electron chi connectivity index (χ1n) is 7.65. The lowest BCUT2D eigenvalue weighted by atomic mass is 10.2. The van der Waals surface area contributed by atoms with Crippen LogP contribution in [-0.2, 0) is 6.42 Å². The maximum absolute atomic E-state index is 10.1. The van der Waals surface area contributed by atoms with Gasteiger partial charge >= 0.3 is 0 Å². The lowest BCUT2D eigenvalue weighted by Crippen LogP contribution is -2.40. The molecule has 0 saturated carbocycles. The number of fused-ring (bicyclic) bond motifs is 1. The van der Waals surface area contributed by atoms with Gasteiger partial charge in [-0.3, -0.25) is 0 Å². The van der Waals surface area contributed by atoms with Crippen LogP contribution in [0.4, 0.5) is 5.69 Å². The Morgan fingerprint density at radius 3 is 2.91 bits per heavy atom. The second-order valence-electron chi connectivity index (χ2n) is 5.26. The van der Waals surface area contributed by atoms with Crippen LogP contribution in [0.25, 0.3) is 0 Å². The molecule has 124 valence electrons. The summed E-state index contributed by atoms with van der Waals surface area (Å²) >= 11 is 0. The van der Waals surface area contributed by atoms with Crippen LogP contribution < -0.4 is 10.2 Å².